The van der Waals surface area contributed by atoms with Crippen molar-refractivity contribution in [3.63, 3.8) is 0 Å². The van der Waals surface area contributed by atoms with Crippen molar-refractivity contribution < 1.29 is 23.4 Å². The molecule has 0 aliphatic heterocycles. The first-order valence-corrected chi connectivity index (χ1v) is 7.85. The van der Waals surface area contributed by atoms with Gasteiger partial charge in [0, 0.05) is 13.1 Å². The molecular formula is C13H19NO5S. The quantitative estimate of drug-likeness (QED) is 0.802. The monoisotopic (exact) mass is 301 g/mol. The molecule has 0 fully saturated rings. The Balaban J connectivity index is 3.26. The second kappa shape index (κ2) is 6.71. The van der Waals surface area contributed by atoms with E-state index in [1.807, 2.05) is 13.8 Å². The lowest BCUT2D eigenvalue weighted by Crippen LogP contribution is -2.32. The topological polar surface area (TPSA) is 94.9 Å². The van der Waals surface area contributed by atoms with Crippen LogP contribution in [0.4, 0.5) is 0 Å². The standard InChI is InChI=1S/C13H19NO5S/c1-3-7-14(8-4-2)20(18,19)10-5-6-12(15)11(9-10)13(16)17/h5-6,9,15H,3-4,7-8H2,1-2H3,(H,16,17). The Labute approximate surface area is 118 Å². The van der Waals surface area contributed by atoms with E-state index in [4.69, 9.17) is 5.11 Å². The van der Waals surface area contributed by atoms with E-state index < -0.39 is 27.3 Å². The summed E-state index contributed by atoms with van der Waals surface area (Å²) in [5.41, 5.74) is -0.418. The fourth-order valence-electron chi connectivity index (χ4n) is 1.85. The first-order chi connectivity index (χ1) is 9.34. The summed E-state index contributed by atoms with van der Waals surface area (Å²) in [6.07, 6.45) is 1.34. The number of rotatable bonds is 7. The fraction of sp³-hybridized carbons (Fsp3) is 0.462. The average Bonchev–Trinajstić information content (AvgIpc) is 2.38. The Morgan fingerprint density at radius 1 is 1.20 bits per heavy atom. The molecule has 0 aliphatic rings. The molecule has 1 aromatic rings. The SMILES string of the molecule is CCCN(CCC)S(=O)(=O)c1ccc(O)c(C(=O)O)c1. The van der Waals surface area contributed by atoms with E-state index in [-0.39, 0.29) is 4.90 Å². The van der Waals surface area contributed by atoms with Crippen molar-refractivity contribution in [1.29, 1.82) is 0 Å². The lowest BCUT2D eigenvalue weighted by Gasteiger charge is -2.21. The zero-order valence-corrected chi connectivity index (χ0v) is 12.4. The normalized spacial score (nSPS) is 11.8. The van der Waals surface area contributed by atoms with Crippen LogP contribution in [0.2, 0.25) is 0 Å². The van der Waals surface area contributed by atoms with Gasteiger partial charge in [-0.2, -0.15) is 4.31 Å². The Bertz CT molecular complexity index is 576. The lowest BCUT2D eigenvalue weighted by atomic mass is 10.2. The third-order valence-electron chi connectivity index (χ3n) is 2.78. The fourth-order valence-corrected chi connectivity index (χ4v) is 3.50. The maximum Gasteiger partial charge on any atom is 0.339 e. The third kappa shape index (κ3) is 3.49. The number of carboxylic acids is 1. The molecule has 1 aromatic carbocycles. The Morgan fingerprint density at radius 3 is 2.20 bits per heavy atom. The summed E-state index contributed by atoms with van der Waals surface area (Å²) >= 11 is 0. The minimum absolute atomic E-state index is 0.116. The molecule has 0 amide bonds. The minimum Gasteiger partial charge on any atom is -0.507 e. The highest BCUT2D eigenvalue weighted by Gasteiger charge is 2.25. The number of aromatic carboxylic acids is 1. The van der Waals surface area contributed by atoms with E-state index in [0.717, 1.165) is 12.1 Å². The molecule has 0 saturated heterocycles. The number of phenols is 1. The van der Waals surface area contributed by atoms with Gasteiger partial charge in [0.25, 0.3) is 0 Å². The van der Waals surface area contributed by atoms with E-state index >= 15 is 0 Å². The van der Waals surface area contributed by atoms with Crippen LogP contribution in [-0.2, 0) is 10.0 Å². The van der Waals surface area contributed by atoms with Crippen LogP contribution in [0.1, 0.15) is 37.0 Å². The summed E-state index contributed by atoms with van der Waals surface area (Å²) in [4.78, 5) is 10.8. The lowest BCUT2D eigenvalue weighted by molar-refractivity contribution is 0.0693. The molecule has 0 aromatic heterocycles. The number of nitrogens with zero attached hydrogens (tertiary/aromatic N) is 1. The van der Waals surface area contributed by atoms with Crippen LogP contribution in [-0.4, -0.2) is 42.0 Å². The highest BCUT2D eigenvalue weighted by Crippen LogP contribution is 2.24. The van der Waals surface area contributed by atoms with Gasteiger partial charge in [-0.15, -0.1) is 0 Å². The highest BCUT2D eigenvalue weighted by molar-refractivity contribution is 7.89. The predicted octanol–water partition coefficient (Wildman–Crippen LogP) is 1.90. The van der Waals surface area contributed by atoms with E-state index in [0.29, 0.717) is 25.9 Å². The maximum atomic E-state index is 12.4. The first-order valence-electron chi connectivity index (χ1n) is 6.41. The van der Waals surface area contributed by atoms with Gasteiger partial charge >= 0.3 is 5.97 Å². The molecule has 2 N–H and O–H groups in total. The van der Waals surface area contributed by atoms with Gasteiger partial charge in [0.2, 0.25) is 10.0 Å². The van der Waals surface area contributed by atoms with Crippen LogP contribution < -0.4 is 0 Å². The summed E-state index contributed by atoms with van der Waals surface area (Å²) in [6, 6.07) is 3.30. The summed E-state index contributed by atoms with van der Waals surface area (Å²) in [5.74, 6) is -1.81. The number of hydrogen-bond acceptors (Lipinski definition) is 4. The number of benzene rings is 1. The molecule has 7 heteroatoms. The second-order valence-electron chi connectivity index (χ2n) is 4.39. The molecule has 112 valence electrons. The predicted molar refractivity (Wildman–Crippen MR) is 74.4 cm³/mol. The van der Waals surface area contributed by atoms with Gasteiger partial charge < -0.3 is 10.2 Å². The average molecular weight is 301 g/mol. The molecule has 0 saturated carbocycles. The summed E-state index contributed by atoms with van der Waals surface area (Å²) in [5, 5.41) is 18.4. The molecule has 0 spiro atoms. The van der Waals surface area contributed by atoms with Crippen LogP contribution in [0.5, 0.6) is 5.75 Å². The second-order valence-corrected chi connectivity index (χ2v) is 6.33. The molecule has 20 heavy (non-hydrogen) atoms. The molecule has 0 heterocycles. The van der Waals surface area contributed by atoms with Crippen LogP contribution in [0, 0.1) is 0 Å². The summed E-state index contributed by atoms with van der Waals surface area (Å²) in [7, 11) is -3.74. The van der Waals surface area contributed by atoms with Gasteiger partial charge in [-0.3, -0.25) is 0 Å². The largest absolute Gasteiger partial charge is 0.507 e. The Hall–Kier alpha value is -1.60. The van der Waals surface area contributed by atoms with Crippen molar-refractivity contribution in [3.05, 3.63) is 23.8 Å². The maximum absolute atomic E-state index is 12.4. The number of aromatic hydroxyl groups is 1. The van der Waals surface area contributed by atoms with Crippen LogP contribution in [0.25, 0.3) is 0 Å². The van der Waals surface area contributed by atoms with Gasteiger partial charge in [0.1, 0.15) is 11.3 Å². The number of carboxylic acid groups (broad SMARTS) is 1. The van der Waals surface area contributed by atoms with Gasteiger partial charge in [0.15, 0.2) is 0 Å². The zero-order valence-electron chi connectivity index (χ0n) is 11.5. The number of carbonyl (C=O) groups is 1. The van der Waals surface area contributed by atoms with Gasteiger partial charge in [-0.1, -0.05) is 13.8 Å². The Morgan fingerprint density at radius 2 is 1.75 bits per heavy atom. The highest BCUT2D eigenvalue weighted by atomic mass is 32.2. The van der Waals surface area contributed by atoms with E-state index in [1.165, 1.54) is 10.4 Å². The zero-order chi connectivity index (χ0) is 15.3. The molecule has 0 aliphatic carbocycles. The van der Waals surface area contributed by atoms with Crippen LogP contribution >= 0.6 is 0 Å². The van der Waals surface area contributed by atoms with Gasteiger partial charge in [-0.25, -0.2) is 13.2 Å². The first kappa shape index (κ1) is 16.5. The number of hydrogen-bond donors (Lipinski definition) is 2. The van der Waals surface area contributed by atoms with Crippen molar-refractivity contribution in [2.75, 3.05) is 13.1 Å². The minimum atomic E-state index is -3.74. The van der Waals surface area contributed by atoms with E-state index in [1.54, 1.807) is 0 Å². The molecule has 1 rings (SSSR count). The molecular weight excluding hydrogens is 282 g/mol. The third-order valence-corrected chi connectivity index (χ3v) is 4.68. The molecule has 0 radical (unpaired) electrons. The smallest absolute Gasteiger partial charge is 0.339 e. The van der Waals surface area contributed by atoms with Crippen molar-refractivity contribution in [2.45, 2.75) is 31.6 Å². The summed E-state index contributed by atoms with van der Waals surface area (Å²) in [6.45, 7) is 4.49. The Kier molecular flexibility index (Phi) is 5.52. The van der Waals surface area contributed by atoms with Gasteiger partial charge in [0.05, 0.1) is 4.90 Å². The van der Waals surface area contributed by atoms with Crippen LogP contribution in [0.15, 0.2) is 23.1 Å². The van der Waals surface area contributed by atoms with Crippen molar-refractivity contribution in [2.24, 2.45) is 0 Å². The molecule has 0 unspecified atom stereocenters. The van der Waals surface area contributed by atoms with Crippen LogP contribution in [0.3, 0.4) is 0 Å². The van der Waals surface area contributed by atoms with Crippen molar-refractivity contribution in [3.8, 4) is 5.75 Å². The molecule has 0 bridgehead atoms. The molecule has 6 nitrogen and oxygen atoms in total. The van der Waals surface area contributed by atoms with Gasteiger partial charge in [-0.05, 0) is 31.0 Å². The summed E-state index contributed by atoms with van der Waals surface area (Å²) < 4.78 is 26.2. The van der Waals surface area contributed by atoms with Crippen molar-refractivity contribution >= 4 is 16.0 Å². The molecule has 0 atom stereocenters. The van der Waals surface area contributed by atoms with E-state index in [9.17, 15) is 18.3 Å². The van der Waals surface area contributed by atoms with E-state index in [2.05, 4.69) is 0 Å². The number of sulfonamides is 1. The van der Waals surface area contributed by atoms with Crippen molar-refractivity contribution in [1.82, 2.24) is 4.31 Å².